The van der Waals surface area contributed by atoms with Crippen LogP contribution in [-0.4, -0.2) is 31.7 Å². The third-order valence-corrected chi connectivity index (χ3v) is 3.95. The summed E-state index contributed by atoms with van der Waals surface area (Å²) in [4.78, 5) is 16.1. The van der Waals surface area contributed by atoms with E-state index in [1.807, 2.05) is 18.2 Å². The number of ether oxygens (including phenoxy) is 2. The predicted molar refractivity (Wildman–Crippen MR) is 92.5 cm³/mol. The number of rotatable bonds is 6. The summed E-state index contributed by atoms with van der Waals surface area (Å²) in [6, 6.07) is 7.19. The molecule has 0 aliphatic carbocycles. The van der Waals surface area contributed by atoms with Gasteiger partial charge in [0.05, 0.1) is 19.8 Å². The predicted octanol–water partition coefficient (Wildman–Crippen LogP) is 3.49. The normalized spacial score (nSPS) is 10.3. The second-order valence-electron chi connectivity index (χ2n) is 4.68. The summed E-state index contributed by atoms with van der Waals surface area (Å²) in [6.07, 6.45) is 2.14. The average molecular weight is 400 g/mol. The molecule has 2 rings (SSSR count). The largest absolute Gasteiger partial charge is 0.497 e. The highest BCUT2D eigenvalue weighted by molar-refractivity contribution is 9.10. The summed E-state index contributed by atoms with van der Waals surface area (Å²) in [5.74, 6) is 1.22. The van der Waals surface area contributed by atoms with E-state index in [0.717, 1.165) is 17.1 Å². The number of amides is 1. The van der Waals surface area contributed by atoms with Gasteiger partial charge in [0.1, 0.15) is 16.7 Å². The molecule has 0 unspecified atom stereocenters. The maximum absolute atomic E-state index is 12.2. The molecule has 0 radical (unpaired) electrons. The molecule has 0 saturated carbocycles. The molecule has 122 valence electrons. The van der Waals surface area contributed by atoms with Crippen LogP contribution in [0.15, 0.2) is 34.9 Å². The summed E-state index contributed by atoms with van der Waals surface area (Å²) < 4.78 is 11.2. The molecule has 1 N–H and O–H groups in total. The van der Waals surface area contributed by atoms with Gasteiger partial charge in [0.25, 0.3) is 5.91 Å². The number of halogens is 2. The molecule has 1 amide bonds. The smallest absolute Gasteiger partial charge is 0.254 e. The molecule has 0 bridgehead atoms. The van der Waals surface area contributed by atoms with Gasteiger partial charge < -0.3 is 14.8 Å². The van der Waals surface area contributed by atoms with E-state index in [1.165, 1.54) is 0 Å². The van der Waals surface area contributed by atoms with E-state index in [1.54, 1.807) is 26.5 Å². The molecule has 23 heavy (non-hydrogen) atoms. The number of benzene rings is 1. The van der Waals surface area contributed by atoms with Gasteiger partial charge in [-0.25, -0.2) is 4.98 Å². The van der Waals surface area contributed by atoms with Gasteiger partial charge >= 0.3 is 0 Å². The van der Waals surface area contributed by atoms with Crippen LogP contribution in [-0.2, 0) is 6.42 Å². The number of hydrogen-bond acceptors (Lipinski definition) is 4. The Morgan fingerprint density at radius 3 is 2.78 bits per heavy atom. The molecule has 0 aliphatic heterocycles. The minimum atomic E-state index is -0.273. The molecular formula is C16H16BrClN2O3. The minimum Gasteiger partial charge on any atom is -0.497 e. The van der Waals surface area contributed by atoms with Crippen LogP contribution in [0.4, 0.5) is 0 Å². The molecule has 0 atom stereocenters. The van der Waals surface area contributed by atoms with Gasteiger partial charge in [-0.05, 0) is 52.2 Å². The lowest BCUT2D eigenvalue weighted by atomic mass is 10.1. The lowest BCUT2D eigenvalue weighted by Crippen LogP contribution is -2.26. The number of carbonyl (C=O) groups is 1. The van der Waals surface area contributed by atoms with Crippen molar-refractivity contribution in [2.24, 2.45) is 0 Å². The quantitative estimate of drug-likeness (QED) is 0.756. The van der Waals surface area contributed by atoms with E-state index in [2.05, 4.69) is 26.2 Å². The maximum atomic E-state index is 12.2. The highest BCUT2D eigenvalue weighted by Gasteiger charge is 2.12. The van der Waals surface area contributed by atoms with Crippen molar-refractivity contribution in [3.8, 4) is 11.5 Å². The van der Waals surface area contributed by atoms with Crippen molar-refractivity contribution in [3.05, 3.63) is 51.2 Å². The van der Waals surface area contributed by atoms with Crippen LogP contribution in [0.2, 0.25) is 5.15 Å². The Labute approximate surface area is 148 Å². The van der Waals surface area contributed by atoms with Gasteiger partial charge in [0, 0.05) is 17.2 Å². The molecule has 0 aliphatic rings. The Morgan fingerprint density at radius 2 is 2.09 bits per heavy atom. The van der Waals surface area contributed by atoms with E-state index >= 15 is 0 Å². The maximum Gasteiger partial charge on any atom is 0.254 e. The first-order chi connectivity index (χ1) is 11.0. The number of methoxy groups -OCH3 is 2. The van der Waals surface area contributed by atoms with Crippen LogP contribution in [0, 0.1) is 0 Å². The van der Waals surface area contributed by atoms with Gasteiger partial charge in [-0.3, -0.25) is 4.79 Å². The lowest BCUT2D eigenvalue weighted by Gasteiger charge is -2.11. The SMILES string of the molecule is COc1ccc(OC)c(CCNC(=O)c2cc(Br)cnc2Cl)c1. The van der Waals surface area contributed by atoms with E-state index in [0.29, 0.717) is 23.0 Å². The summed E-state index contributed by atoms with van der Waals surface area (Å²) >= 11 is 9.22. The van der Waals surface area contributed by atoms with Crippen LogP contribution in [0.25, 0.3) is 0 Å². The fraction of sp³-hybridized carbons (Fsp3) is 0.250. The molecule has 0 spiro atoms. The minimum absolute atomic E-state index is 0.171. The Hall–Kier alpha value is -1.79. The van der Waals surface area contributed by atoms with Crippen molar-refractivity contribution < 1.29 is 14.3 Å². The molecule has 1 heterocycles. The van der Waals surface area contributed by atoms with Crippen molar-refractivity contribution >= 4 is 33.4 Å². The van der Waals surface area contributed by atoms with E-state index < -0.39 is 0 Å². The average Bonchev–Trinajstić information content (AvgIpc) is 2.56. The second-order valence-corrected chi connectivity index (χ2v) is 5.95. The zero-order valence-electron chi connectivity index (χ0n) is 12.7. The van der Waals surface area contributed by atoms with Crippen molar-refractivity contribution in [2.45, 2.75) is 6.42 Å². The molecule has 1 aromatic heterocycles. The molecule has 2 aromatic rings. The Balaban J connectivity index is 2.02. The summed E-state index contributed by atoms with van der Waals surface area (Å²) in [7, 11) is 3.21. The topological polar surface area (TPSA) is 60.5 Å². The monoisotopic (exact) mass is 398 g/mol. The lowest BCUT2D eigenvalue weighted by molar-refractivity contribution is 0.0954. The van der Waals surface area contributed by atoms with Gasteiger partial charge in [-0.1, -0.05) is 11.6 Å². The Kier molecular flexibility index (Phi) is 6.24. The van der Waals surface area contributed by atoms with Crippen LogP contribution in [0.5, 0.6) is 11.5 Å². The number of aromatic nitrogens is 1. The number of pyridine rings is 1. The van der Waals surface area contributed by atoms with Gasteiger partial charge in [0.15, 0.2) is 0 Å². The number of nitrogens with one attached hydrogen (secondary N) is 1. The first-order valence-corrected chi connectivity index (χ1v) is 8.02. The molecule has 7 heteroatoms. The first-order valence-electron chi connectivity index (χ1n) is 6.85. The number of nitrogens with zero attached hydrogens (tertiary/aromatic N) is 1. The number of carbonyl (C=O) groups excluding carboxylic acids is 1. The third-order valence-electron chi connectivity index (χ3n) is 3.22. The molecule has 1 aromatic carbocycles. The molecule has 5 nitrogen and oxygen atoms in total. The van der Waals surface area contributed by atoms with Crippen molar-refractivity contribution in [1.82, 2.24) is 10.3 Å². The van der Waals surface area contributed by atoms with Gasteiger partial charge in [-0.2, -0.15) is 0 Å². The fourth-order valence-electron chi connectivity index (χ4n) is 2.07. The van der Waals surface area contributed by atoms with Crippen LogP contribution >= 0.6 is 27.5 Å². The second kappa shape index (κ2) is 8.17. The van der Waals surface area contributed by atoms with Crippen molar-refractivity contribution in [2.75, 3.05) is 20.8 Å². The van der Waals surface area contributed by atoms with E-state index in [4.69, 9.17) is 21.1 Å². The van der Waals surface area contributed by atoms with E-state index in [-0.39, 0.29) is 11.1 Å². The Morgan fingerprint density at radius 1 is 1.30 bits per heavy atom. The van der Waals surface area contributed by atoms with Crippen LogP contribution in [0.1, 0.15) is 15.9 Å². The highest BCUT2D eigenvalue weighted by atomic mass is 79.9. The van der Waals surface area contributed by atoms with Crippen molar-refractivity contribution in [3.63, 3.8) is 0 Å². The van der Waals surface area contributed by atoms with Crippen LogP contribution in [0.3, 0.4) is 0 Å². The zero-order valence-corrected chi connectivity index (χ0v) is 15.1. The first kappa shape index (κ1) is 17.6. The highest BCUT2D eigenvalue weighted by Crippen LogP contribution is 2.24. The summed E-state index contributed by atoms with van der Waals surface area (Å²) in [6.45, 7) is 0.436. The summed E-state index contributed by atoms with van der Waals surface area (Å²) in [5, 5.41) is 2.99. The molecular weight excluding hydrogens is 384 g/mol. The zero-order chi connectivity index (χ0) is 16.8. The molecule has 0 saturated heterocycles. The third kappa shape index (κ3) is 4.59. The van der Waals surface area contributed by atoms with Crippen LogP contribution < -0.4 is 14.8 Å². The summed E-state index contributed by atoms with van der Waals surface area (Å²) in [5.41, 5.74) is 1.28. The number of hydrogen-bond donors (Lipinski definition) is 1. The fourth-order valence-corrected chi connectivity index (χ4v) is 2.59. The van der Waals surface area contributed by atoms with Gasteiger partial charge in [0.2, 0.25) is 0 Å². The van der Waals surface area contributed by atoms with E-state index in [9.17, 15) is 4.79 Å². The molecule has 0 fully saturated rings. The van der Waals surface area contributed by atoms with Gasteiger partial charge in [-0.15, -0.1) is 0 Å². The van der Waals surface area contributed by atoms with Crippen molar-refractivity contribution in [1.29, 1.82) is 0 Å². The standard InChI is InChI=1S/C16H16BrClN2O3/c1-22-12-3-4-14(23-2)10(7-12)5-6-19-16(21)13-8-11(17)9-20-15(13)18/h3-4,7-9H,5-6H2,1-2H3,(H,19,21). The Bertz CT molecular complexity index is 710.